The van der Waals surface area contributed by atoms with Gasteiger partial charge in [-0.2, -0.15) is 39.5 Å². The number of amides is 2. The number of anilines is 1. The smallest absolute Gasteiger partial charge is 0.417 e. The Kier molecular flexibility index (Phi) is 8.28. The summed E-state index contributed by atoms with van der Waals surface area (Å²) in [5, 5.41) is 9.91. The zero-order chi connectivity index (χ0) is 31.2. The average Bonchev–Trinajstić information content (AvgIpc) is 3.16. The van der Waals surface area contributed by atoms with Crippen molar-refractivity contribution in [3.63, 3.8) is 0 Å². The van der Waals surface area contributed by atoms with Gasteiger partial charge in [0.1, 0.15) is 11.9 Å². The Hall–Kier alpha value is -3.76. The van der Waals surface area contributed by atoms with Crippen LogP contribution in [0.4, 0.5) is 54.9 Å². The maximum atomic E-state index is 13.6. The molecule has 3 heterocycles. The molecule has 42 heavy (non-hydrogen) atoms. The van der Waals surface area contributed by atoms with Crippen molar-refractivity contribution in [1.82, 2.24) is 9.88 Å². The Bertz CT molecular complexity index is 1310. The molecule has 0 unspecified atom stereocenters. The van der Waals surface area contributed by atoms with Crippen LogP contribution in [0.25, 0.3) is 0 Å². The molecule has 17 heteroatoms. The van der Waals surface area contributed by atoms with Gasteiger partial charge in [0.15, 0.2) is 0 Å². The van der Waals surface area contributed by atoms with Gasteiger partial charge in [0.05, 0.1) is 29.3 Å². The molecule has 1 N–H and O–H groups in total. The van der Waals surface area contributed by atoms with Crippen LogP contribution >= 0.6 is 0 Å². The van der Waals surface area contributed by atoms with E-state index >= 15 is 0 Å². The third-order valence-electron chi connectivity index (χ3n) is 6.93. The van der Waals surface area contributed by atoms with Gasteiger partial charge in [0, 0.05) is 31.0 Å². The lowest BCUT2D eigenvalue weighted by atomic mass is 9.97. The molecule has 2 aromatic rings. The second kappa shape index (κ2) is 11.1. The highest BCUT2D eigenvalue weighted by atomic mass is 19.4. The molecule has 2 aliphatic rings. The monoisotopic (exact) mass is 615 g/mol. The topological polar surface area (TPSA) is 92.2 Å². The minimum absolute atomic E-state index is 0.0971. The average molecular weight is 615 g/mol. The molecule has 230 valence electrons. The third-order valence-corrected chi connectivity index (χ3v) is 6.93. The van der Waals surface area contributed by atoms with Gasteiger partial charge in [-0.15, -0.1) is 0 Å². The number of ether oxygens (including phenoxy) is 2. The Morgan fingerprint density at radius 3 is 2.00 bits per heavy atom. The number of alkyl halides is 9. The Morgan fingerprint density at radius 1 is 0.952 bits per heavy atom. The summed E-state index contributed by atoms with van der Waals surface area (Å²) in [6.07, 6.45) is -18.9. The first-order chi connectivity index (χ1) is 19.4. The molecule has 2 aliphatic heterocycles. The van der Waals surface area contributed by atoms with Gasteiger partial charge in [0.2, 0.25) is 0 Å². The molecule has 2 atom stereocenters. The van der Waals surface area contributed by atoms with E-state index in [0.29, 0.717) is 24.4 Å². The zero-order valence-corrected chi connectivity index (χ0v) is 21.5. The van der Waals surface area contributed by atoms with Crippen molar-refractivity contribution in [3.05, 3.63) is 58.3 Å². The summed E-state index contributed by atoms with van der Waals surface area (Å²) in [6, 6.07) is -0.757. The van der Waals surface area contributed by atoms with E-state index in [1.165, 1.54) is 6.92 Å². The van der Waals surface area contributed by atoms with Crippen LogP contribution in [-0.2, 0) is 34.5 Å². The van der Waals surface area contributed by atoms with E-state index < -0.39 is 83.5 Å². The molecule has 0 radical (unpaired) electrons. The van der Waals surface area contributed by atoms with Crippen molar-refractivity contribution >= 4 is 18.0 Å². The molecule has 2 saturated heterocycles. The molecule has 2 fully saturated rings. The number of nitrogens with zero attached hydrogens (tertiary/aromatic N) is 3. The summed E-state index contributed by atoms with van der Waals surface area (Å²) in [6.45, 7) is 0.801. The van der Waals surface area contributed by atoms with E-state index in [4.69, 9.17) is 9.47 Å². The van der Waals surface area contributed by atoms with Crippen molar-refractivity contribution in [3.8, 4) is 0 Å². The van der Waals surface area contributed by atoms with Crippen molar-refractivity contribution in [2.24, 2.45) is 0 Å². The third kappa shape index (κ3) is 6.50. The van der Waals surface area contributed by atoms with Crippen molar-refractivity contribution in [2.75, 3.05) is 18.1 Å². The molecule has 1 aromatic heterocycles. The Balaban J connectivity index is 1.74. The number of hydrogen-bond donors (Lipinski definition) is 1. The van der Waals surface area contributed by atoms with E-state index in [0.717, 1.165) is 9.80 Å². The van der Waals surface area contributed by atoms with E-state index in [1.54, 1.807) is 0 Å². The normalized spacial score (nSPS) is 20.5. The van der Waals surface area contributed by atoms with Gasteiger partial charge in [-0.1, -0.05) is 0 Å². The Morgan fingerprint density at radius 2 is 1.50 bits per heavy atom. The SMILES string of the molecule is C[C@H]1[C@@H](c2cc(C(F)(F)F)cc(C(F)(F)F)c2)OC(=O)N1Cc1cc(C(F)(F)F)cnc1N(C(=O)O)C1CCOCC1. The molecule has 1 aromatic carbocycles. The predicted molar refractivity (Wildman–Crippen MR) is 124 cm³/mol. The molecule has 0 bridgehead atoms. The number of carboxylic acid groups (broad SMARTS) is 1. The molecule has 0 aliphatic carbocycles. The standard InChI is InChI=1S/C25H22F9N3O5/c1-12-19(13-6-15(23(26,27)28)9-16(7-13)24(29,30)31)42-22(40)36(12)11-14-8-17(25(32,33)34)10-35-20(14)37(21(38)39)18-2-4-41-5-3-18/h6-10,12,18-19H,2-5,11H2,1H3,(H,38,39)/t12-,19-/m0/s1. The maximum Gasteiger partial charge on any atom is 0.417 e. The van der Waals surface area contributed by atoms with E-state index in [2.05, 4.69) is 4.98 Å². The summed E-state index contributed by atoms with van der Waals surface area (Å²) in [5.74, 6) is -0.427. The quantitative estimate of drug-likeness (QED) is 0.369. The van der Waals surface area contributed by atoms with Gasteiger partial charge >= 0.3 is 30.7 Å². The van der Waals surface area contributed by atoms with Gasteiger partial charge in [-0.05, 0) is 49.6 Å². The lowest BCUT2D eigenvalue weighted by molar-refractivity contribution is -0.143. The number of benzene rings is 1. The highest BCUT2D eigenvalue weighted by Gasteiger charge is 2.44. The van der Waals surface area contributed by atoms with Crippen LogP contribution in [-0.4, -0.2) is 52.5 Å². The first-order valence-electron chi connectivity index (χ1n) is 12.3. The van der Waals surface area contributed by atoms with Crippen LogP contribution in [0.1, 0.15) is 53.7 Å². The van der Waals surface area contributed by atoms with Crippen LogP contribution < -0.4 is 4.90 Å². The minimum Gasteiger partial charge on any atom is -0.465 e. The summed E-state index contributed by atoms with van der Waals surface area (Å²) < 4.78 is 131. The number of pyridine rings is 1. The van der Waals surface area contributed by atoms with Crippen LogP contribution in [0, 0.1) is 0 Å². The zero-order valence-electron chi connectivity index (χ0n) is 21.5. The Labute approximate surface area is 231 Å². The van der Waals surface area contributed by atoms with Crippen molar-refractivity contribution < 1.29 is 63.7 Å². The number of cyclic esters (lactones) is 1. The number of rotatable bonds is 5. The second-order valence-electron chi connectivity index (χ2n) is 9.71. The fourth-order valence-corrected chi connectivity index (χ4v) is 4.84. The van der Waals surface area contributed by atoms with Gasteiger partial charge in [-0.3, -0.25) is 9.80 Å². The number of aromatic nitrogens is 1. The van der Waals surface area contributed by atoms with Gasteiger partial charge in [-0.25, -0.2) is 14.6 Å². The molecule has 8 nitrogen and oxygen atoms in total. The van der Waals surface area contributed by atoms with Crippen molar-refractivity contribution in [1.29, 1.82) is 0 Å². The lowest BCUT2D eigenvalue weighted by Crippen LogP contribution is -2.44. The summed E-state index contributed by atoms with van der Waals surface area (Å²) in [5.41, 5.74) is -5.60. The number of hydrogen-bond acceptors (Lipinski definition) is 5. The maximum absolute atomic E-state index is 13.6. The van der Waals surface area contributed by atoms with Crippen molar-refractivity contribution in [2.45, 2.75) is 63.0 Å². The lowest BCUT2D eigenvalue weighted by Gasteiger charge is -2.33. The molecule has 0 saturated carbocycles. The number of carbonyl (C=O) groups excluding carboxylic acids is 1. The fraction of sp³-hybridized carbons (Fsp3) is 0.480. The largest absolute Gasteiger partial charge is 0.465 e. The van der Waals surface area contributed by atoms with Crippen LogP contribution in [0.2, 0.25) is 0 Å². The van der Waals surface area contributed by atoms with E-state index in [9.17, 15) is 54.2 Å². The summed E-state index contributed by atoms with van der Waals surface area (Å²) >= 11 is 0. The van der Waals surface area contributed by atoms with Crippen LogP contribution in [0.3, 0.4) is 0 Å². The number of carbonyl (C=O) groups is 2. The van der Waals surface area contributed by atoms with Gasteiger partial charge in [0.25, 0.3) is 0 Å². The first kappa shape index (κ1) is 31.2. The second-order valence-corrected chi connectivity index (χ2v) is 9.71. The molecule has 2 amide bonds. The predicted octanol–water partition coefficient (Wildman–Crippen LogP) is 6.88. The molecular weight excluding hydrogens is 593 g/mol. The minimum atomic E-state index is -5.18. The highest BCUT2D eigenvalue weighted by Crippen LogP contribution is 2.42. The molecule has 0 spiro atoms. The number of halogens is 9. The summed E-state index contributed by atoms with van der Waals surface area (Å²) in [4.78, 5) is 30.3. The van der Waals surface area contributed by atoms with Crippen LogP contribution in [0.5, 0.6) is 0 Å². The van der Waals surface area contributed by atoms with Gasteiger partial charge < -0.3 is 14.6 Å². The summed E-state index contributed by atoms with van der Waals surface area (Å²) in [7, 11) is 0. The van der Waals surface area contributed by atoms with E-state index in [1.807, 2.05) is 0 Å². The molecule has 4 rings (SSSR count). The van der Waals surface area contributed by atoms with Crippen LogP contribution in [0.15, 0.2) is 30.5 Å². The first-order valence-corrected chi connectivity index (χ1v) is 12.3. The fourth-order valence-electron chi connectivity index (χ4n) is 4.84. The van der Waals surface area contributed by atoms with E-state index in [-0.39, 0.29) is 37.7 Å². The highest BCUT2D eigenvalue weighted by molar-refractivity contribution is 5.86. The molecular formula is C25H22F9N3O5.